The van der Waals surface area contributed by atoms with Crippen molar-refractivity contribution in [3.63, 3.8) is 0 Å². The summed E-state index contributed by atoms with van der Waals surface area (Å²) in [5.41, 5.74) is 0.865. The van der Waals surface area contributed by atoms with Crippen molar-refractivity contribution in [2.45, 2.75) is 12.5 Å². The maximum Gasteiger partial charge on any atom is 0.347 e. The first kappa shape index (κ1) is 15.0. The van der Waals surface area contributed by atoms with Crippen LogP contribution >= 0.6 is 0 Å². The van der Waals surface area contributed by atoms with Crippen LogP contribution in [0.5, 0.6) is 0 Å². The van der Waals surface area contributed by atoms with E-state index in [1.807, 2.05) is 6.07 Å². The van der Waals surface area contributed by atoms with Gasteiger partial charge in [0.2, 0.25) is 6.10 Å². The fourth-order valence-electron chi connectivity index (χ4n) is 2.38. The highest BCUT2D eigenvalue weighted by Crippen LogP contribution is 2.18. The molecule has 2 aromatic rings. The average molecular weight is 310 g/mol. The van der Waals surface area contributed by atoms with Gasteiger partial charge in [-0.2, -0.15) is 0 Å². The smallest absolute Gasteiger partial charge is 0.347 e. The second kappa shape index (κ2) is 6.44. The zero-order valence-electron chi connectivity index (χ0n) is 12.2. The van der Waals surface area contributed by atoms with Crippen LogP contribution in [0.4, 0.5) is 0 Å². The van der Waals surface area contributed by atoms with Gasteiger partial charge in [0.1, 0.15) is 0 Å². The number of carbonyl (C=O) groups is 3. The Balaban J connectivity index is 1.87. The number of hydrogen-bond acceptors (Lipinski definition) is 5. The standard InChI is InChI=1S/C18H14O5/c19-16(12-6-2-1-3-7-12)13-8-4-5-9-14(13)17(20)23-15-10-11-22-18(15)21/h1-9,15H,10-11H2/t15-/m0/s1. The molecular weight excluding hydrogens is 296 g/mol. The van der Waals surface area contributed by atoms with Crippen LogP contribution < -0.4 is 0 Å². The highest BCUT2D eigenvalue weighted by atomic mass is 16.6. The summed E-state index contributed by atoms with van der Waals surface area (Å²) in [6, 6.07) is 15.1. The first-order valence-corrected chi connectivity index (χ1v) is 7.23. The molecule has 3 rings (SSSR count). The van der Waals surface area contributed by atoms with E-state index in [-0.39, 0.29) is 23.5 Å². The number of rotatable bonds is 4. The molecule has 1 aliphatic heterocycles. The summed E-state index contributed by atoms with van der Waals surface area (Å²) in [5.74, 6) is -1.52. The number of benzene rings is 2. The van der Waals surface area contributed by atoms with Crippen LogP contribution in [0.15, 0.2) is 54.6 Å². The quantitative estimate of drug-likeness (QED) is 0.640. The maximum absolute atomic E-state index is 12.6. The Morgan fingerprint density at radius 2 is 1.61 bits per heavy atom. The molecule has 0 aliphatic carbocycles. The van der Waals surface area contributed by atoms with Crippen LogP contribution in [0.1, 0.15) is 32.7 Å². The summed E-state index contributed by atoms with van der Waals surface area (Å²) < 4.78 is 9.94. The summed E-state index contributed by atoms with van der Waals surface area (Å²) >= 11 is 0. The van der Waals surface area contributed by atoms with Gasteiger partial charge in [-0.25, -0.2) is 9.59 Å². The number of cyclic esters (lactones) is 1. The van der Waals surface area contributed by atoms with Gasteiger partial charge in [-0.15, -0.1) is 0 Å². The first-order valence-electron chi connectivity index (χ1n) is 7.23. The summed E-state index contributed by atoms with van der Waals surface area (Å²) in [7, 11) is 0. The number of hydrogen-bond donors (Lipinski definition) is 0. The molecule has 1 atom stereocenters. The highest BCUT2D eigenvalue weighted by Gasteiger charge is 2.31. The van der Waals surface area contributed by atoms with E-state index in [0.717, 1.165) is 0 Å². The molecule has 0 radical (unpaired) electrons. The molecule has 5 nitrogen and oxygen atoms in total. The molecular formula is C18H14O5. The van der Waals surface area contributed by atoms with Gasteiger partial charge in [0, 0.05) is 17.5 Å². The fourth-order valence-corrected chi connectivity index (χ4v) is 2.38. The molecule has 0 bridgehead atoms. The SMILES string of the molecule is O=C(O[C@H]1CCOC1=O)c1ccccc1C(=O)c1ccccc1. The van der Waals surface area contributed by atoms with E-state index in [4.69, 9.17) is 9.47 Å². The van der Waals surface area contributed by atoms with E-state index >= 15 is 0 Å². The third-order valence-electron chi connectivity index (χ3n) is 3.56. The molecule has 1 heterocycles. The molecule has 2 aromatic carbocycles. The summed E-state index contributed by atoms with van der Waals surface area (Å²) in [6.45, 7) is 0.237. The Morgan fingerprint density at radius 1 is 0.957 bits per heavy atom. The van der Waals surface area contributed by atoms with Crippen LogP contribution in [-0.4, -0.2) is 30.4 Å². The molecule has 0 spiro atoms. The Kier molecular flexibility index (Phi) is 4.19. The van der Waals surface area contributed by atoms with E-state index in [0.29, 0.717) is 12.0 Å². The minimum atomic E-state index is -0.901. The lowest BCUT2D eigenvalue weighted by molar-refractivity contribution is -0.145. The van der Waals surface area contributed by atoms with Crippen molar-refractivity contribution >= 4 is 17.7 Å². The summed E-state index contributed by atoms with van der Waals surface area (Å²) in [6.07, 6.45) is -0.568. The van der Waals surface area contributed by atoms with Gasteiger partial charge in [-0.1, -0.05) is 48.5 Å². The van der Waals surface area contributed by atoms with Crippen molar-refractivity contribution in [2.24, 2.45) is 0 Å². The zero-order valence-corrected chi connectivity index (χ0v) is 12.2. The van der Waals surface area contributed by atoms with Crippen molar-refractivity contribution in [2.75, 3.05) is 6.61 Å². The lowest BCUT2D eigenvalue weighted by Crippen LogP contribution is -2.24. The van der Waals surface area contributed by atoms with Crippen LogP contribution in [-0.2, 0) is 14.3 Å². The van der Waals surface area contributed by atoms with Crippen LogP contribution in [0.2, 0.25) is 0 Å². The van der Waals surface area contributed by atoms with Gasteiger partial charge in [0.05, 0.1) is 12.2 Å². The Hall–Kier alpha value is -2.95. The molecule has 0 unspecified atom stereocenters. The molecule has 0 amide bonds. The third kappa shape index (κ3) is 3.13. The van der Waals surface area contributed by atoms with Gasteiger partial charge in [-0.3, -0.25) is 4.79 Å². The Morgan fingerprint density at radius 3 is 2.26 bits per heavy atom. The van der Waals surface area contributed by atoms with E-state index in [1.165, 1.54) is 6.07 Å². The van der Waals surface area contributed by atoms with Crippen molar-refractivity contribution in [3.8, 4) is 0 Å². The van der Waals surface area contributed by atoms with E-state index < -0.39 is 18.0 Å². The van der Waals surface area contributed by atoms with Crippen LogP contribution in [0.3, 0.4) is 0 Å². The normalized spacial score (nSPS) is 16.7. The second-order valence-electron chi connectivity index (χ2n) is 5.09. The third-order valence-corrected chi connectivity index (χ3v) is 3.56. The van der Waals surface area contributed by atoms with Gasteiger partial charge in [0.15, 0.2) is 5.78 Å². The highest BCUT2D eigenvalue weighted by molar-refractivity contribution is 6.14. The molecule has 1 aliphatic rings. The molecule has 0 saturated carbocycles. The van der Waals surface area contributed by atoms with E-state index in [1.54, 1.807) is 42.5 Å². The first-order chi connectivity index (χ1) is 11.2. The second-order valence-corrected chi connectivity index (χ2v) is 5.09. The van der Waals surface area contributed by atoms with Gasteiger partial charge < -0.3 is 9.47 Å². The van der Waals surface area contributed by atoms with Crippen LogP contribution in [0.25, 0.3) is 0 Å². The number of carbonyl (C=O) groups excluding carboxylic acids is 3. The largest absolute Gasteiger partial charge is 0.463 e. The monoisotopic (exact) mass is 310 g/mol. The summed E-state index contributed by atoms with van der Waals surface area (Å²) in [5, 5.41) is 0. The van der Waals surface area contributed by atoms with Crippen molar-refractivity contribution in [1.29, 1.82) is 0 Å². The van der Waals surface area contributed by atoms with E-state index in [2.05, 4.69) is 0 Å². The molecule has 1 fully saturated rings. The van der Waals surface area contributed by atoms with Crippen molar-refractivity contribution in [1.82, 2.24) is 0 Å². The topological polar surface area (TPSA) is 69.7 Å². The number of ether oxygens (including phenoxy) is 2. The fraction of sp³-hybridized carbons (Fsp3) is 0.167. The maximum atomic E-state index is 12.6. The lowest BCUT2D eigenvalue weighted by Gasteiger charge is -2.11. The van der Waals surface area contributed by atoms with Crippen LogP contribution in [0, 0.1) is 0 Å². The lowest BCUT2D eigenvalue weighted by atomic mass is 9.98. The molecule has 5 heteroatoms. The molecule has 1 saturated heterocycles. The molecule has 23 heavy (non-hydrogen) atoms. The number of ketones is 1. The molecule has 116 valence electrons. The number of esters is 2. The predicted molar refractivity (Wildman–Crippen MR) is 81.1 cm³/mol. The van der Waals surface area contributed by atoms with Gasteiger partial charge in [0.25, 0.3) is 0 Å². The molecule has 0 aromatic heterocycles. The van der Waals surface area contributed by atoms with Crippen molar-refractivity contribution < 1.29 is 23.9 Å². The summed E-state index contributed by atoms with van der Waals surface area (Å²) in [4.78, 5) is 36.3. The van der Waals surface area contributed by atoms with Gasteiger partial charge in [-0.05, 0) is 6.07 Å². The minimum absolute atomic E-state index is 0.140. The van der Waals surface area contributed by atoms with Crippen molar-refractivity contribution in [3.05, 3.63) is 71.3 Å². The zero-order chi connectivity index (χ0) is 16.2. The minimum Gasteiger partial charge on any atom is -0.463 e. The molecule has 0 N–H and O–H groups in total. The predicted octanol–water partition coefficient (Wildman–Crippen LogP) is 2.39. The average Bonchev–Trinajstić information content (AvgIpc) is 3.00. The Bertz CT molecular complexity index is 751. The van der Waals surface area contributed by atoms with E-state index in [9.17, 15) is 14.4 Å². The van der Waals surface area contributed by atoms with Gasteiger partial charge >= 0.3 is 11.9 Å². The Labute approximate surface area is 132 Å².